The number of hydrogen-bond donors (Lipinski definition) is 1. The van der Waals surface area contributed by atoms with E-state index in [0.717, 1.165) is 4.70 Å². The second kappa shape index (κ2) is 3.55. The van der Waals surface area contributed by atoms with E-state index in [1.165, 1.54) is 18.3 Å². The number of thiophene rings is 1. The highest BCUT2D eigenvalue weighted by atomic mass is 32.1. The van der Waals surface area contributed by atoms with Gasteiger partial charge in [-0.2, -0.15) is 0 Å². The van der Waals surface area contributed by atoms with Gasteiger partial charge in [-0.3, -0.25) is 4.79 Å². The Bertz CT molecular complexity index is 528. The Kier molecular flexibility index (Phi) is 2.36. The van der Waals surface area contributed by atoms with Crippen molar-refractivity contribution in [2.24, 2.45) is 0 Å². The van der Waals surface area contributed by atoms with Crippen molar-refractivity contribution in [3.8, 4) is 11.5 Å². The highest BCUT2D eigenvalue weighted by molar-refractivity contribution is 7.17. The summed E-state index contributed by atoms with van der Waals surface area (Å²) >= 11 is 1.48. The Hall–Kier alpha value is -1.55. The Morgan fingerprint density at radius 2 is 2.27 bits per heavy atom. The van der Waals surface area contributed by atoms with Gasteiger partial charge in [-0.15, -0.1) is 11.3 Å². The fourth-order valence-electron chi connectivity index (χ4n) is 1.52. The zero-order chi connectivity index (χ0) is 11.0. The van der Waals surface area contributed by atoms with Crippen LogP contribution in [0.2, 0.25) is 0 Å². The van der Waals surface area contributed by atoms with Gasteiger partial charge < -0.3 is 9.84 Å². The fraction of sp³-hybridized carbons (Fsp3) is 0.182. The number of carbonyl (C=O) groups is 1. The van der Waals surface area contributed by atoms with Gasteiger partial charge in [0, 0.05) is 5.39 Å². The molecule has 0 aliphatic rings. The molecule has 0 atom stereocenters. The molecule has 0 aliphatic heterocycles. The van der Waals surface area contributed by atoms with Gasteiger partial charge in [-0.1, -0.05) is 0 Å². The second-order valence-corrected chi connectivity index (χ2v) is 4.11. The first-order valence-electron chi connectivity index (χ1n) is 4.43. The molecule has 1 heterocycles. The predicted octanol–water partition coefficient (Wildman–Crippen LogP) is 2.82. The summed E-state index contributed by atoms with van der Waals surface area (Å²) in [5.41, 5.74) is 0.303. The number of ketones is 1. The smallest absolute Gasteiger partial charge is 0.163 e. The number of carbonyl (C=O) groups excluding carboxylic acids is 1. The second-order valence-electron chi connectivity index (χ2n) is 3.19. The average Bonchev–Trinajstić information content (AvgIpc) is 2.67. The van der Waals surface area contributed by atoms with E-state index in [0.29, 0.717) is 16.7 Å². The van der Waals surface area contributed by atoms with Gasteiger partial charge >= 0.3 is 0 Å². The molecule has 0 saturated carbocycles. The number of hydrogen-bond acceptors (Lipinski definition) is 4. The molecule has 0 saturated heterocycles. The number of Topliss-reactive ketones (excluding diaryl/α,β-unsaturated/α-hetero) is 1. The molecule has 0 fully saturated rings. The van der Waals surface area contributed by atoms with Crippen LogP contribution < -0.4 is 4.74 Å². The van der Waals surface area contributed by atoms with Crippen LogP contribution in [-0.4, -0.2) is 18.0 Å². The van der Waals surface area contributed by atoms with Crippen molar-refractivity contribution in [3.63, 3.8) is 0 Å². The van der Waals surface area contributed by atoms with Gasteiger partial charge in [-0.25, -0.2) is 0 Å². The third-order valence-electron chi connectivity index (χ3n) is 2.27. The van der Waals surface area contributed by atoms with E-state index in [9.17, 15) is 9.90 Å². The van der Waals surface area contributed by atoms with Crippen LogP contribution in [0.4, 0.5) is 0 Å². The molecule has 0 unspecified atom stereocenters. The SMILES string of the molecule is COc1cc(C(C)=O)c(O)c2ccsc12. The topological polar surface area (TPSA) is 46.5 Å². The molecule has 1 aromatic heterocycles. The van der Waals surface area contributed by atoms with Crippen molar-refractivity contribution in [1.82, 2.24) is 0 Å². The number of aromatic hydroxyl groups is 1. The molecule has 15 heavy (non-hydrogen) atoms. The quantitative estimate of drug-likeness (QED) is 0.795. The molecule has 2 rings (SSSR count). The number of ether oxygens (including phenoxy) is 1. The summed E-state index contributed by atoms with van der Waals surface area (Å²) in [7, 11) is 1.55. The van der Waals surface area contributed by atoms with E-state index in [1.54, 1.807) is 19.2 Å². The highest BCUT2D eigenvalue weighted by Crippen LogP contribution is 2.39. The van der Waals surface area contributed by atoms with Crippen molar-refractivity contribution in [2.45, 2.75) is 6.92 Å². The monoisotopic (exact) mass is 222 g/mol. The molecule has 4 heteroatoms. The van der Waals surface area contributed by atoms with E-state index in [-0.39, 0.29) is 11.5 Å². The maximum absolute atomic E-state index is 11.3. The molecule has 0 radical (unpaired) electrons. The van der Waals surface area contributed by atoms with Gasteiger partial charge in [0.15, 0.2) is 5.78 Å². The zero-order valence-corrected chi connectivity index (χ0v) is 9.22. The molecule has 0 aliphatic carbocycles. The normalized spacial score (nSPS) is 10.5. The van der Waals surface area contributed by atoms with E-state index >= 15 is 0 Å². The summed E-state index contributed by atoms with van der Waals surface area (Å²) in [4.78, 5) is 11.3. The molecule has 0 amide bonds. The first-order chi connectivity index (χ1) is 7.15. The van der Waals surface area contributed by atoms with Gasteiger partial charge in [0.1, 0.15) is 11.5 Å². The summed E-state index contributed by atoms with van der Waals surface area (Å²) in [5, 5.41) is 12.4. The first kappa shape index (κ1) is 9.98. The van der Waals surface area contributed by atoms with Crippen LogP contribution in [0, 0.1) is 0 Å². The van der Waals surface area contributed by atoms with Crippen LogP contribution in [0.15, 0.2) is 17.5 Å². The molecule has 1 aromatic carbocycles. The average molecular weight is 222 g/mol. The maximum atomic E-state index is 11.3. The lowest BCUT2D eigenvalue weighted by Gasteiger charge is -2.06. The molecule has 1 N–H and O–H groups in total. The van der Waals surface area contributed by atoms with Gasteiger partial charge in [-0.05, 0) is 24.4 Å². The minimum Gasteiger partial charge on any atom is -0.507 e. The lowest BCUT2D eigenvalue weighted by atomic mass is 10.1. The Morgan fingerprint density at radius 1 is 1.53 bits per heavy atom. The molecule has 0 bridgehead atoms. The lowest BCUT2D eigenvalue weighted by Crippen LogP contribution is -1.94. The molecular weight excluding hydrogens is 212 g/mol. The number of rotatable bonds is 2. The summed E-state index contributed by atoms with van der Waals surface area (Å²) in [6, 6.07) is 3.36. The minimum absolute atomic E-state index is 0.0413. The first-order valence-corrected chi connectivity index (χ1v) is 5.31. The molecule has 2 aromatic rings. The van der Waals surface area contributed by atoms with Crippen molar-refractivity contribution in [1.29, 1.82) is 0 Å². The maximum Gasteiger partial charge on any atom is 0.163 e. The van der Waals surface area contributed by atoms with Crippen molar-refractivity contribution in [3.05, 3.63) is 23.1 Å². The van der Waals surface area contributed by atoms with Crippen LogP contribution in [-0.2, 0) is 0 Å². The van der Waals surface area contributed by atoms with Crippen molar-refractivity contribution < 1.29 is 14.6 Å². The standard InChI is InChI=1S/C11H10O3S/c1-6(12)8-5-9(14-2)11-7(10(8)13)3-4-15-11/h3-5,13H,1-2H3. The van der Waals surface area contributed by atoms with Crippen LogP contribution in [0.25, 0.3) is 10.1 Å². The van der Waals surface area contributed by atoms with E-state index < -0.39 is 0 Å². The largest absolute Gasteiger partial charge is 0.507 e. The van der Waals surface area contributed by atoms with E-state index in [4.69, 9.17) is 4.74 Å². The van der Waals surface area contributed by atoms with Crippen LogP contribution >= 0.6 is 11.3 Å². The molecular formula is C11H10O3S. The van der Waals surface area contributed by atoms with Crippen molar-refractivity contribution >= 4 is 27.2 Å². The lowest BCUT2D eigenvalue weighted by molar-refractivity contribution is 0.101. The number of methoxy groups -OCH3 is 1. The Balaban J connectivity index is 2.84. The minimum atomic E-state index is -0.168. The van der Waals surface area contributed by atoms with Crippen LogP contribution in [0.3, 0.4) is 0 Å². The van der Waals surface area contributed by atoms with Crippen molar-refractivity contribution in [2.75, 3.05) is 7.11 Å². The number of benzene rings is 1. The third kappa shape index (κ3) is 1.47. The molecule has 0 spiro atoms. The van der Waals surface area contributed by atoms with E-state index in [1.807, 2.05) is 5.38 Å². The molecule has 78 valence electrons. The van der Waals surface area contributed by atoms with Gasteiger partial charge in [0.2, 0.25) is 0 Å². The summed E-state index contributed by atoms with van der Waals surface area (Å²) < 4.78 is 6.04. The number of phenolic OH excluding ortho intramolecular Hbond substituents is 1. The summed E-state index contributed by atoms with van der Waals surface area (Å²) in [6.45, 7) is 1.42. The number of phenols is 1. The highest BCUT2D eigenvalue weighted by Gasteiger charge is 2.15. The number of fused-ring (bicyclic) bond motifs is 1. The fourth-order valence-corrected chi connectivity index (χ4v) is 2.41. The Labute approximate surface area is 90.9 Å². The summed E-state index contributed by atoms with van der Waals surface area (Å²) in [6.07, 6.45) is 0. The third-order valence-corrected chi connectivity index (χ3v) is 3.20. The predicted molar refractivity (Wildman–Crippen MR) is 60.0 cm³/mol. The van der Waals surface area contributed by atoms with Gasteiger partial charge in [0.05, 0.1) is 17.4 Å². The zero-order valence-electron chi connectivity index (χ0n) is 8.40. The van der Waals surface area contributed by atoms with Crippen LogP contribution in [0.5, 0.6) is 11.5 Å². The van der Waals surface area contributed by atoms with Crippen LogP contribution in [0.1, 0.15) is 17.3 Å². The molecule has 3 nitrogen and oxygen atoms in total. The summed E-state index contributed by atoms with van der Waals surface area (Å²) in [5.74, 6) is 0.501. The van der Waals surface area contributed by atoms with Gasteiger partial charge in [0.25, 0.3) is 0 Å². The Morgan fingerprint density at radius 3 is 2.87 bits per heavy atom. The van der Waals surface area contributed by atoms with E-state index in [2.05, 4.69) is 0 Å².